The van der Waals surface area contributed by atoms with Gasteiger partial charge in [-0.3, -0.25) is 22.8 Å². The summed E-state index contributed by atoms with van der Waals surface area (Å²) in [5.41, 5.74) is 0. The van der Waals surface area contributed by atoms with E-state index < -0.39 is 27.9 Å². The zero-order valence-corrected chi connectivity index (χ0v) is 17.2. The molecule has 0 unspecified atom stereocenters. The van der Waals surface area contributed by atoms with Crippen molar-refractivity contribution in [2.24, 2.45) is 0 Å². The maximum Gasteiger partial charge on any atom is 0.513 e. The van der Waals surface area contributed by atoms with Gasteiger partial charge in [-0.1, -0.05) is 0 Å². The van der Waals surface area contributed by atoms with Gasteiger partial charge in [0.05, 0.1) is 24.4 Å². The van der Waals surface area contributed by atoms with Crippen molar-refractivity contribution >= 4 is 15.7 Å². The Balaban J connectivity index is -0.000000154. The van der Waals surface area contributed by atoms with Crippen LogP contribution in [0, 0.1) is 0 Å². The molecular weight excluding hydrogens is 372 g/mol. The lowest BCUT2D eigenvalue weighted by Gasteiger charge is -2.16. The number of phosphoric acid groups is 1. The van der Waals surface area contributed by atoms with E-state index in [0.29, 0.717) is 0 Å². The number of phosphoric ester groups is 1. The minimum Gasteiger partial charge on any atom is -0.412 e. The van der Waals surface area contributed by atoms with Gasteiger partial charge in [-0.15, -0.1) is 4.20 Å². The Hall–Kier alpha value is 0.0800. The molecule has 0 aliphatic carbocycles. The van der Waals surface area contributed by atoms with E-state index in [0.717, 1.165) is 0 Å². The molecule has 0 amide bonds. The summed E-state index contributed by atoms with van der Waals surface area (Å²) in [6.45, 7) is 13.1. The molecule has 0 saturated heterocycles. The Morgan fingerprint density at radius 3 is 1.08 bits per heavy atom. The van der Waals surface area contributed by atoms with Crippen LogP contribution >= 0.6 is 15.7 Å². The van der Waals surface area contributed by atoms with E-state index in [1.807, 2.05) is 0 Å². The van der Waals surface area contributed by atoms with Crippen LogP contribution in [0.1, 0.15) is 55.4 Å². The first kappa shape index (κ1) is 31.8. The van der Waals surface area contributed by atoms with Crippen molar-refractivity contribution in [1.82, 2.24) is 0 Å². The highest BCUT2D eigenvalue weighted by Crippen LogP contribution is 2.51. The minimum absolute atomic E-state index is 0. The van der Waals surface area contributed by atoms with Gasteiger partial charge in [0.1, 0.15) is 0 Å². The molecule has 0 aliphatic rings. The molecule has 0 radical (unpaired) electrons. The summed E-state index contributed by atoms with van der Waals surface area (Å²) in [6, 6.07) is 0. The Bertz CT molecular complexity index is 327. The van der Waals surface area contributed by atoms with Gasteiger partial charge in [0.15, 0.2) is 0 Å². The fourth-order valence-corrected chi connectivity index (χ4v) is 3.26. The van der Waals surface area contributed by atoms with Gasteiger partial charge >= 0.3 is 15.7 Å². The zero-order chi connectivity index (χ0) is 18.1. The van der Waals surface area contributed by atoms with Crippen LogP contribution in [0.15, 0.2) is 0 Å². The van der Waals surface area contributed by atoms with Crippen molar-refractivity contribution in [3.8, 4) is 0 Å². The lowest BCUT2D eigenvalue weighted by Crippen LogP contribution is -2.06. The molecular formula is C12H32F2O8P2. The fourth-order valence-electron chi connectivity index (χ4n) is 1.09. The molecule has 0 rings (SSSR count). The number of rotatable bonds is 8. The summed E-state index contributed by atoms with van der Waals surface area (Å²) in [4.78, 5) is 8.97. The minimum atomic E-state index is -4.30. The first-order chi connectivity index (χ1) is 9.67. The summed E-state index contributed by atoms with van der Waals surface area (Å²) < 4.78 is 52.5. The highest BCUT2D eigenvalue weighted by Gasteiger charge is 2.26. The Labute approximate surface area is 143 Å². The number of hydrogen-bond acceptors (Lipinski definition) is 6. The van der Waals surface area contributed by atoms with Gasteiger partial charge in [-0.05, 0) is 55.4 Å². The van der Waals surface area contributed by atoms with Crippen molar-refractivity contribution in [2.45, 2.75) is 79.8 Å². The molecule has 0 saturated carbocycles. The quantitative estimate of drug-likeness (QED) is 0.602. The molecule has 0 spiro atoms. The van der Waals surface area contributed by atoms with E-state index >= 15 is 0 Å². The van der Waals surface area contributed by atoms with E-state index in [1.54, 1.807) is 55.4 Å². The number of halogens is 2. The summed E-state index contributed by atoms with van der Waals surface area (Å²) in [7, 11) is -8.11. The van der Waals surface area contributed by atoms with Crippen molar-refractivity contribution < 1.29 is 46.5 Å². The van der Waals surface area contributed by atoms with Gasteiger partial charge in [-0.25, -0.2) is 9.13 Å². The summed E-state index contributed by atoms with van der Waals surface area (Å²) >= 11 is 0. The lowest BCUT2D eigenvalue weighted by atomic mass is 10.5. The van der Waals surface area contributed by atoms with Crippen LogP contribution in [0.3, 0.4) is 0 Å². The predicted molar refractivity (Wildman–Crippen MR) is 89.5 cm³/mol. The molecule has 3 N–H and O–H groups in total. The molecule has 0 bridgehead atoms. The molecule has 12 heteroatoms. The van der Waals surface area contributed by atoms with Crippen LogP contribution in [0.5, 0.6) is 0 Å². The van der Waals surface area contributed by atoms with E-state index in [-0.39, 0.29) is 22.4 Å². The SMILES string of the molecule is CC(C)OP(=O)(F)OC(C)C.CC(C)OP(=O)(O)OC(C)C.F.O. The van der Waals surface area contributed by atoms with E-state index in [1.165, 1.54) is 0 Å². The second-order valence-electron chi connectivity index (χ2n) is 5.52. The van der Waals surface area contributed by atoms with Crippen molar-refractivity contribution in [1.29, 1.82) is 0 Å². The molecule has 0 aromatic carbocycles. The smallest absolute Gasteiger partial charge is 0.412 e. The average Bonchev–Trinajstić information content (AvgIpc) is 2.06. The third-order valence-corrected chi connectivity index (χ3v) is 4.08. The van der Waals surface area contributed by atoms with Gasteiger partial charge in [-0.2, -0.15) is 0 Å². The lowest BCUT2D eigenvalue weighted by molar-refractivity contribution is 0.0983. The highest BCUT2D eigenvalue weighted by molar-refractivity contribution is 7.48. The average molecular weight is 404 g/mol. The van der Waals surface area contributed by atoms with Crippen molar-refractivity contribution in [3.63, 3.8) is 0 Å². The first-order valence-electron chi connectivity index (χ1n) is 7.03. The molecule has 152 valence electrons. The largest absolute Gasteiger partial charge is 0.513 e. The van der Waals surface area contributed by atoms with Crippen molar-refractivity contribution in [2.75, 3.05) is 0 Å². The molecule has 0 aromatic rings. The first-order valence-corrected chi connectivity index (χ1v) is 9.96. The van der Waals surface area contributed by atoms with Crippen LogP contribution in [0.2, 0.25) is 0 Å². The molecule has 0 atom stereocenters. The highest BCUT2D eigenvalue weighted by atomic mass is 31.2. The van der Waals surface area contributed by atoms with Crippen molar-refractivity contribution in [3.05, 3.63) is 0 Å². The third-order valence-electron chi connectivity index (χ3n) is 1.36. The fraction of sp³-hybridized carbons (Fsp3) is 1.00. The van der Waals surface area contributed by atoms with Gasteiger partial charge in [0.25, 0.3) is 0 Å². The standard InChI is InChI=1S/C6H14FO3P.C6H15O4P.FH.H2O/c2*1-5(2)9-11(7,8)10-6(3)4;;/h5-6H,1-4H3;5-6H,1-4H3,(H,7,8);1H;1H2. The Morgan fingerprint density at radius 1 is 0.708 bits per heavy atom. The van der Waals surface area contributed by atoms with Crippen LogP contribution in [-0.2, 0) is 27.2 Å². The molecule has 24 heavy (non-hydrogen) atoms. The number of hydrogen-bond donors (Lipinski definition) is 1. The summed E-state index contributed by atoms with van der Waals surface area (Å²) in [6.07, 6.45) is -1.46. The maximum absolute atomic E-state index is 12.7. The molecule has 0 aromatic heterocycles. The molecule has 0 fully saturated rings. The zero-order valence-electron chi connectivity index (χ0n) is 15.4. The van der Waals surface area contributed by atoms with Gasteiger partial charge in [0, 0.05) is 0 Å². The van der Waals surface area contributed by atoms with Gasteiger partial charge in [0.2, 0.25) is 0 Å². The Morgan fingerprint density at radius 2 is 0.917 bits per heavy atom. The van der Waals surface area contributed by atoms with E-state index in [4.69, 9.17) is 4.89 Å². The van der Waals surface area contributed by atoms with Crippen LogP contribution in [0.4, 0.5) is 8.90 Å². The summed E-state index contributed by atoms with van der Waals surface area (Å²) in [5.74, 6) is 0. The second kappa shape index (κ2) is 14.3. The van der Waals surface area contributed by atoms with Crippen LogP contribution in [0.25, 0.3) is 0 Å². The topological polar surface area (TPSA) is 123 Å². The van der Waals surface area contributed by atoms with Gasteiger partial charge < -0.3 is 10.4 Å². The molecule has 0 heterocycles. The maximum atomic E-state index is 12.7. The normalized spacial score (nSPS) is 11.9. The van der Waals surface area contributed by atoms with E-state index in [9.17, 15) is 13.3 Å². The Kier molecular flexibility index (Phi) is 18.9. The van der Waals surface area contributed by atoms with E-state index in [2.05, 4.69) is 18.1 Å². The monoisotopic (exact) mass is 404 g/mol. The predicted octanol–water partition coefficient (Wildman–Crippen LogP) is 4.18. The molecule has 0 aliphatic heterocycles. The second-order valence-corrected chi connectivity index (χ2v) is 8.16. The third kappa shape index (κ3) is 24.3. The molecule has 8 nitrogen and oxygen atoms in total. The summed E-state index contributed by atoms with van der Waals surface area (Å²) in [5, 5.41) is 0. The van der Waals surface area contributed by atoms with Crippen LogP contribution in [-0.4, -0.2) is 34.8 Å². The van der Waals surface area contributed by atoms with Crippen LogP contribution < -0.4 is 0 Å².